The largest absolute Gasteiger partial charge is 0.381 e. The molecule has 0 amide bonds. The fourth-order valence-electron chi connectivity index (χ4n) is 2.41. The third-order valence-corrected chi connectivity index (χ3v) is 3.61. The van der Waals surface area contributed by atoms with Gasteiger partial charge in [-0.1, -0.05) is 18.2 Å². The molecule has 1 heterocycles. The van der Waals surface area contributed by atoms with E-state index in [4.69, 9.17) is 4.74 Å². The maximum Gasteiger partial charge on any atom is 0.0507 e. The molecule has 2 rings (SSSR count). The Hall–Kier alpha value is -1.06. The molecule has 0 radical (unpaired) electrons. The molecule has 0 bridgehead atoms. The van der Waals surface area contributed by atoms with Gasteiger partial charge in [0.2, 0.25) is 0 Å². The van der Waals surface area contributed by atoms with Gasteiger partial charge in [-0.15, -0.1) is 0 Å². The van der Waals surface area contributed by atoms with E-state index in [9.17, 15) is 0 Å². The van der Waals surface area contributed by atoms with Crippen LogP contribution in [-0.4, -0.2) is 39.9 Å². The van der Waals surface area contributed by atoms with E-state index in [-0.39, 0.29) is 0 Å². The van der Waals surface area contributed by atoms with E-state index in [1.807, 2.05) is 0 Å². The Bertz CT molecular complexity index is 361. The first kappa shape index (κ1) is 13.4. The van der Waals surface area contributed by atoms with E-state index in [1.165, 1.54) is 17.7 Å². The Labute approximate surface area is 110 Å². The summed E-state index contributed by atoms with van der Waals surface area (Å²) in [4.78, 5) is 2.31. The van der Waals surface area contributed by atoms with Crippen molar-refractivity contribution in [3.05, 3.63) is 29.8 Å². The Morgan fingerprint density at radius 1 is 1.39 bits per heavy atom. The fourth-order valence-corrected chi connectivity index (χ4v) is 2.41. The molecule has 18 heavy (non-hydrogen) atoms. The molecule has 0 saturated carbocycles. The van der Waals surface area contributed by atoms with Crippen LogP contribution in [0.3, 0.4) is 0 Å². The predicted octanol–water partition coefficient (Wildman–Crippen LogP) is 2.06. The van der Waals surface area contributed by atoms with Crippen molar-refractivity contribution in [1.29, 1.82) is 0 Å². The van der Waals surface area contributed by atoms with E-state index >= 15 is 0 Å². The van der Waals surface area contributed by atoms with E-state index in [0.717, 1.165) is 32.8 Å². The van der Waals surface area contributed by atoms with Gasteiger partial charge in [0.1, 0.15) is 0 Å². The van der Waals surface area contributed by atoms with Crippen LogP contribution < -0.4 is 10.2 Å². The molecular weight excluding hydrogens is 224 g/mol. The zero-order valence-electron chi connectivity index (χ0n) is 11.5. The number of rotatable bonds is 6. The van der Waals surface area contributed by atoms with Crippen LogP contribution in [0.1, 0.15) is 12.0 Å². The quantitative estimate of drug-likeness (QED) is 0.780. The molecule has 0 aromatic heterocycles. The van der Waals surface area contributed by atoms with E-state index < -0.39 is 0 Å². The van der Waals surface area contributed by atoms with Crippen molar-refractivity contribution in [3.63, 3.8) is 0 Å². The summed E-state index contributed by atoms with van der Waals surface area (Å²) >= 11 is 0. The maximum absolute atomic E-state index is 5.37. The number of para-hydroxylation sites is 1. The smallest absolute Gasteiger partial charge is 0.0507 e. The van der Waals surface area contributed by atoms with E-state index in [0.29, 0.717) is 5.92 Å². The minimum Gasteiger partial charge on any atom is -0.381 e. The summed E-state index contributed by atoms with van der Waals surface area (Å²) in [5.74, 6) is 0.716. The van der Waals surface area contributed by atoms with Gasteiger partial charge in [0.05, 0.1) is 6.61 Å². The normalized spacial score (nSPS) is 19.1. The monoisotopic (exact) mass is 248 g/mol. The zero-order valence-corrected chi connectivity index (χ0v) is 11.5. The van der Waals surface area contributed by atoms with Crippen molar-refractivity contribution in [2.45, 2.75) is 13.3 Å². The maximum atomic E-state index is 5.37. The molecule has 1 N–H and O–H groups in total. The fraction of sp³-hybridized carbons (Fsp3) is 0.600. The molecular formula is C15H24N2O. The minimum atomic E-state index is 0.716. The Morgan fingerprint density at radius 3 is 2.94 bits per heavy atom. The van der Waals surface area contributed by atoms with Crippen LogP contribution in [0, 0.1) is 12.8 Å². The van der Waals surface area contributed by atoms with Gasteiger partial charge in [0.25, 0.3) is 0 Å². The first-order valence-corrected chi connectivity index (χ1v) is 6.82. The number of nitrogens with one attached hydrogen (secondary N) is 1. The third-order valence-electron chi connectivity index (χ3n) is 3.61. The Kier molecular flexibility index (Phi) is 5.02. The van der Waals surface area contributed by atoms with E-state index in [1.54, 1.807) is 0 Å². The highest BCUT2D eigenvalue weighted by molar-refractivity contribution is 5.52. The molecule has 0 aliphatic carbocycles. The molecule has 1 aromatic carbocycles. The molecule has 1 saturated heterocycles. The van der Waals surface area contributed by atoms with Crippen molar-refractivity contribution >= 4 is 5.69 Å². The topological polar surface area (TPSA) is 24.5 Å². The number of ether oxygens (including phenoxy) is 1. The van der Waals surface area contributed by atoms with Crippen LogP contribution in [0.5, 0.6) is 0 Å². The number of benzene rings is 1. The lowest BCUT2D eigenvalue weighted by Crippen LogP contribution is -2.32. The number of hydrogen-bond donors (Lipinski definition) is 1. The average molecular weight is 248 g/mol. The summed E-state index contributed by atoms with van der Waals surface area (Å²) < 4.78 is 5.37. The number of hydrogen-bond acceptors (Lipinski definition) is 3. The van der Waals surface area contributed by atoms with Gasteiger partial charge in [-0.05, 0) is 30.9 Å². The van der Waals surface area contributed by atoms with Crippen LogP contribution in [-0.2, 0) is 4.74 Å². The van der Waals surface area contributed by atoms with Crippen LogP contribution in [0.25, 0.3) is 0 Å². The second kappa shape index (κ2) is 6.76. The molecule has 3 heteroatoms. The number of likely N-dealkylation sites (N-methyl/N-ethyl adjacent to an activating group) is 1. The summed E-state index contributed by atoms with van der Waals surface area (Å²) in [6.07, 6.45) is 1.21. The first-order chi connectivity index (χ1) is 8.77. The SMILES string of the molecule is Cc1ccccc1N(C)CCNCC1CCOC1. The third kappa shape index (κ3) is 3.72. The van der Waals surface area contributed by atoms with Crippen molar-refractivity contribution in [2.75, 3.05) is 44.8 Å². The standard InChI is InChI=1S/C15H24N2O/c1-13-5-3-4-6-15(13)17(2)9-8-16-11-14-7-10-18-12-14/h3-6,14,16H,7-12H2,1-2H3. The summed E-state index contributed by atoms with van der Waals surface area (Å²) in [6, 6.07) is 8.53. The van der Waals surface area contributed by atoms with Gasteiger partial charge in [0.15, 0.2) is 0 Å². The summed E-state index contributed by atoms with van der Waals surface area (Å²) in [5, 5.41) is 3.53. The molecule has 1 aromatic rings. The highest BCUT2D eigenvalue weighted by Crippen LogP contribution is 2.17. The lowest BCUT2D eigenvalue weighted by atomic mass is 10.1. The van der Waals surface area contributed by atoms with Gasteiger partial charge in [-0.25, -0.2) is 0 Å². The Balaban J connectivity index is 1.68. The second-order valence-corrected chi connectivity index (χ2v) is 5.14. The number of anilines is 1. The second-order valence-electron chi connectivity index (χ2n) is 5.14. The first-order valence-electron chi connectivity index (χ1n) is 6.82. The molecule has 1 unspecified atom stereocenters. The zero-order chi connectivity index (χ0) is 12.8. The van der Waals surface area contributed by atoms with Gasteiger partial charge >= 0.3 is 0 Å². The Morgan fingerprint density at radius 2 is 2.22 bits per heavy atom. The predicted molar refractivity (Wildman–Crippen MR) is 76.2 cm³/mol. The van der Waals surface area contributed by atoms with Crippen molar-refractivity contribution in [3.8, 4) is 0 Å². The number of aryl methyl sites for hydroxylation is 1. The lowest BCUT2D eigenvalue weighted by Gasteiger charge is -2.22. The number of nitrogens with zero attached hydrogens (tertiary/aromatic N) is 1. The van der Waals surface area contributed by atoms with Crippen molar-refractivity contribution in [1.82, 2.24) is 5.32 Å². The van der Waals surface area contributed by atoms with E-state index in [2.05, 4.69) is 48.5 Å². The van der Waals surface area contributed by atoms with Crippen LogP contribution in [0.2, 0.25) is 0 Å². The molecule has 0 spiro atoms. The minimum absolute atomic E-state index is 0.716. The molecule has 1 fully saturated rings. The van der Waals surface area contributed by atoms with Gasteiger partial charge in [-0.2, -0.15) is 0 Å². The highest BCUT2D eigenvalue weighted by Gasteiger charge is 2.14. The summed E-state index contributed by atoms with van der Waals surface area (Å²) in [6.45, 7) is 7.19. The molecule has 1 aliphatic rings. The average Bonchev–Trinajstić information content (AvgIpc) is 2.88. The van der Waals surface area contributed by atoms with Gasteiger partial charge < -0.3 is 15.0 Å². The van der Waals surface area contributed by atoms with Crippen molar-refractivity contribution < 1.29 is 4.74 Å². The molecule has 1 aliphatic heterocycles. The van der Waals surface area contributed by atoms with Gasteiger partial charge in [0, 0.05) is 39.0 Å². The van der Waals surface area contributed by atoms with Crippen LogP contribution in [0.4, 0.5) is 5.69 Å². The van der Waals surface area contributed by atoms with Crippen LogP contribution in [0.15, 0.2) is 24.3 Å². The molecule has 3 nitrogen and oxygen atoms in total. The summed E-state index contributed by atoms with van der Waals surface area (Å²) in [5.41, 5.74) is 2.66. The highest BCUT2D eigenvalue weighted by atomic mass is 16.5. The van der Waals surface area contributed by atoms with Crippen molar-refractivity contribution in [2.24, 2.45) is 5.92 Å². The molecule has 100 valence electrons. The van der Waals surface area contributed by atoms with Gasteiger partial charge in [-0.3, -0.25) is 0 Å². The summed E-state index contributed by atoms with van der Waals surface area (Å²) in [7, 11) is 2.16. The molecule has 1 atom stereocenters. The lowest BCUT2D eigenvalue weighted by molar-refractivity contribution is 0.185. The van der Waals surface area contributed by atoms with Crippen LogP contribution >= 0.6 is 0 Å².